The number of carbonyl (C=O) groups is 1. The molecule has 2 aromatic rings. The van der Waals surface area contributed by atoms with E-state index in [1.165, 1.54) is 0 Å². The summed E-state index contributed by atoms with van der Waals surface area (Å²) in [5.41, 5.74) is 2.82. The van der Waals surface area contributed by atoms with Crippen molar-refractivity contribution < 1.29 is 9.53 Å². The van der Waals surface area contributed by atoms with Crippen molar-refractivity contribution >= 4 is 21.8 Å². The maximum absolute atomic E-state index is 12.0. The predicted octanol–water partition coefficient (Wildman–Crippen LogP) is 3.52. The minimum absolute atomic E-state index is 0.0751. The van der Waals surface area contributed by atoms with Gasteiger partial charge < -0.3 is 10.1 Å². The normalized spacial score (nSPS) is 10.1. The minimum atomic E-state index is -0.0751. The molecule has 0 aliphatic rings. The Morgan fingerprint density at radius 1 is 1.15 bits per heavy atom. The summed E-state index contributed by atoms with van der Waals surface area (Å²) in [4.78, 5) is 12.0. The SMILES string of the molecule is COc1cccc(CNC(=O)c2ccc(CBr)cc2)c1. The summed E-state index contributed by atoms with van der Waals surface area (Å²) in [5.74, 6) is 0.715. The van der Waals surface area contributed by atoms with E-state index in [2.05, 4.69) is 21.2 Å². The fourth-order valence-electron chi connectivity index (χ4n) is 1.81. The van der Waals surface area contributed by atoms with Gasteiger partial charge in [0, 0.05) is 17.4 Å². The highest BCUT2D eigenvalue weighted by atomic mass is 79.9. The molecule has 4 heteroatoms. The zero-order valence-electron chi connectivity index (χ0n) is 11.2. The van der Waals surface area contributed by atoms with E-state index < -0.39 is 0 Å². The number of halogens is 1. The van der Waals surface area contributed by atoms with E-state index in [9.17, 15) is 4.79 Å². The molecule has 1 amide bonds. The molecule has 0 saturated carbocycles. The van der Waals surface area contributed by atoms with Gasteiger partial charge in [-0.1, -0.05) is 40.2 Å². The lowest BCUT2D eigenvalue weighted by Crippen LogP contribution is -2.22. The van der Waals surface area contributed by atoms with E-state index in [0.717, 1.165) is 22.2 Å². The lowest BCUT2D eigenvalue weighted by molar-refractivity contribution is 0.0951. The number of ether oxygens (including phenoxy) is 1. The van der Waals surface area contributed by atoms with Crippen LogP contribution in [0.15, 0.2) is 48.5 Å². The quantitative estimate of drug-likeness (QED) is 0.850. The van der Waals surface area contributed by atoms with Gasteiger partial charge in [-0.25, -0.2) is 0 Å². The second-order valence-electron chi connectivity index (χ2n) is 4.36. The summed E-state index contributed by atoms with van der Waals surface area (Å²) in [6.07, 6.45) is 0. The first-order chi connectivity index (χ1) is 9.72. The van der Waals surface area contributed by atoms with Crippen LogP contribution in [-0.4, -0.2) is 13.0 Å². The molecular formula is C16H16BrNO2. The van der Waals surface area contributed by atoms with Crippen LogP contribution in [0, 0.1) is 0 Å². The van der Waals surface area contributed by atoms with Crippen LogP contribution >= 0.6 is 15.9 Å². The van der Waals surface area contributed by atoms with Crippen molar-refractivity contribution in [3.05, 3.63) is 65.2 Å². The molecule has 0 bridgehead atoms. The highest BCUT2D eigenvalue weighted by Crippen LogP contribution is 2.12. The van der Waals surface area contributed by atoms with Crippen molar-refractivity contribution in [2.24, 2.45) is 0 Å². The van der Waals surface area contributed by atoms with Gasteiger partial charge in [0.15, 0.2) is 0 Å². The highest BCUT2D eigenvalue weighted by Gasteiger charge is 2.05. The van der Waals surface area contributed by atoms with Gasteiger partial charge in [0.25, 0.3) is 5.91 Å². The monoisotopic (exact) mass is 333 g/mol. The molecule has 0 atom stereocenters. The predicted molar refractivity (Wildman–Crippen MR) is 83.2 cm³/mol. The number of rotatable bonds is 5. The number of hydrogen-bond donors (Lipinski definition) is 1. The van der Waals surface area contributed by atoms with Gasteiger partial charge in [-0.15, -0.1) is 0 Å². The van der Waals surface area contributed by atoms with Crippen LogP contribution in [0.3, 0.4) is 0 Å². The zero-order chi connectivity index (χ0) is 14.4. The summed E-state index contributed by atoms with van der Waals surface area (Å²) in [6, 6.07) is 15.2. The average molecular weight is 334 g/mol. The van der Waals surface area contributed by atoms with Crippen LogP contribution in [0.1, 0.15) is 21.5 Å². The first-order valence-electron chi connectivity index (χ1n) is 6.29. The molecule has 0 aliphatic carbocycles. The molecule has 0 radical (unpaired) electrons. The van der Waals surface area contributed by atoms with E-state index in [-0.39, 0.29) is 5.91 Å². The Balaban J connectivity index is 1.97. The summed E-state index contributed by atoms with van der Waals surface area (Å²) >= 11 is 3.38. The van der Waals surface area contributed by atoms with Gasteiger partial charge >= 0.3 is 0 Å². The number of alkyl halides is 1. The molecule has 3 nitrogen and oxygen atoms in total. The largest absolute Gasteiger partial charge is 0.497 e. The summed E-state index contributed by atoms with van der Waals surface area (Å²) in [5, 5.41) is 3.69. The third-order valence-corrected chi connectivity index (χ3v) is 3.61. The van der Waals surface area contributed by atoms with E-state index in [1.54, 1.807) is 7.11 Å². The average Bonchev–Trinajstić information content (AvgIpc) is 2.53. The van der Waals surface area contributed by atoms with Crippen LogP contribution < -0.4 is 10.1 Å². The molecule has 0 spiro atoms. The second-order valence-corrected chi connectivity index (χ2v) is 4.93. The van der Waals surface area contributed by atoms with Gasteiger partial charge in [0.2, 0.25) is 0 Å². The second kappa shape index (κ2) is 7.10. The van der Waals surface area contributed by atoms with Crippen molar-refractivity contribution in [2.75, 3.05) is 7.11 Å². The fraction of sp³-hybridized carbons (Fsp3) is 0.188. The number of carbonyl (C=O) groups excluding carboxylic acids is 1. The van der Waals surface area contributed by atoms with Crippen LogP contribution in [0.5, 0.6) is 5.75 Å². The van der Waals surface area contributed by atoms with Gasteiger partial charge in [-0.3, -0.25) is 4.79 Å². The van der Waals surface area contributed by atoms with E-state index >= 15 is 0 Å². The molecule has 2 aromatic carbocycles. The van der Waals surface area contributed by atoms with Crippen LogP contribution in [0.4, 0.5) is 0 Å². The third-order valence-electron chi connectivity index (χ3n) is 2.96. The Morgan fingerprint density at radius 2 is 1.90 bits per heavy atom. The fourth-order valence-corrected chi connectivity index (χ4v) is 2.19. The summed E-state index contributed by atoms with van der Waals surface area (Å²) < 4.78 is 5.15. The molecule has 0 aliphatic heterocycles. The minimum Gasteiger partial charge on any atom is -0.497 e. The first-order valence-corrected chi connectivity index (χ1v) is 7.41. The van der Waals surface area contributed by atoms with Gasteiger partial charge in [0.1, 0.15) is 5.75 Å². The summed E-state index contributed by atoms with van der Waals surface area (Å²) in [6.45, 7) is 0.482. The van der Waals surface area contributed by atoms with Gasteiger partial charge in [-0.2, -0.15) is 0 Å². The maximum atomic E-state index is 12.0. The van der Waals surface area contributed by atoms with Crippen molar-refractivity contribution in [3.63, 3.8) is 0 Å². The number of methoxy groups -OCH3 is 1. The first kappa shape index (κ1) is 14.6. The Kier molecular flexibility index (Phi) is 5.18. The topological polar surface area (TPSA) is 38.3 Å². The highest BCUT2D eigenvalue weighted by molar-refractivity contribution is 9.08. The van der Waals surface area contributed by atoms with E-state index in [1.807, 2.05) is 48.5 Å². The number of benzene rings is 2. The van der Waals surface area contributed by atoms with Gasteiger partial charge in [0.05, 0.1) is 7.11 Å². The Labute approximate surface area is 127 Å². The van der Waals surface area contributed by atoms with Crippen molar-refractivity contribution in [1.82, 2.24) is 5.32 Å². The maximum Gasteiger partial charge on any atom is 0.251 e. The number of nitrogens with one attached hydrogen (secondary N) is 1. The lowest BCUT2D eigenvalue weighted by Gasteiger charge is -2.07. The van der Waals surface area contributed by atoms with Crippen molar-refractivity contribution in [2.45, 2.75) is 11.9 Å². The number of amides is 1. The molecule has 104 valence electrons. The van der Waals surface area contributed by atoms with Crippen molar-refractivity contribution in [1.29, 1.82) is 0 Å². The smallest absolute Gasteiger partial charge is 0.251 e. The molecule has 0 fully saturated rings. The Bertz CT molecular complexity index is 581. The van der Waals surface area contributed by atoms with Crippen LogP contribution in [-0.2, 0) is 11.9 Å². The molecule has 0 heterocycles. The Morgan fingerprint density at radius 3 is 2.55 bits per heavy atom. The van der Waals surface area contributed by atoms with Gasteiger partial charge in [-0.05, 0) is 35.4 Å². The molecule has 2 rings (SSSR count). The van der Waals surface area contributed by atoms with Crippen LogP contribution in [0.25, 0.3) is 0 Å². The molecule has 0 saturated heterocycles. The van der Waals surface area contributed by atoms with Crippen LogP contribution in [0.2, 0.25) is 0 Å². The molecule has 0 aromatic heterocycles. The molecule has 0 unspecified atom stereocenters. The molecule has 20 heavy (non-hydrogen) atoms. The zero-order valence-corrected chi connectivity index (χ0v) is 12.8. The summed E-state index contributed by atoms with van der Waals surface area (Å²) in [7, 11) is 1.63. The third kappa shape index (κ3) is 3.84. The van der Waals surface area contributed by atoms with E-state index in [4.69, 9.17) is 4.74 Å². The lowest BCUT2D eigenvalue weighted by atomic mass is 10.1. The Hall–Kier alpha value is -1.81. The molecule has 1 N–H and O–H groups in total. The molecular weight excluding hydrogens is 318 g/mol. The number of hydrogen-bond acceptors (Lipinski definition) is 2. The standard InChI is InChI=1S/C16H16BrNO2/c1-20-15-4-2-3-13(9-15)11-18-16(19)14-7-5-12(10-17)6-8-14/h2-9H,10-11H2,1H3,(H,18,19). The van der Waals surface area contributed by atoms with E-state index in [0.29, 0.717) is 12.1 Å². The van der Waals surface area contributed by atoms with Crippen molar-refractivity contribution in [3.8, 4) is 5.75 Å².